The molecule has 186 valence electrons. The van der Waals surface area contributed by atoms with Gasteiger partial charge < -0.3 is 9.47 Å². The molecule has 2 saturated heterocycles. The lowest BCUT2D eigenvalue weighted by Crippen LogP contribution is -2.31. The summed E-state index contributed by atoms with van der Waals surface area (Å²) in [4.78, 5) is 30.0. The molecule has 0 unspecified atom stereocenters. The van der Waals surface area contributed by atoms with Crippen LogP contribution in [0.5, 0.6) is 11.5 Å². The van der Waals surface area contributed by atoms with Crippen LogP contribution >= 0.6 is 23.5 Å². The predicted octanol–water partition coefficient (Wildman–Crippen LogP) is 6.04. The van der Waals surface area contributed by atoms with Gasteiger partial charge >= 0.3 is 0 Å². The molecule has 0 spiro atoms. The molecule has 2 aliphatic rings. The maximum absolute atomic E-state index is 13.1. The molecule has 0 saturated carbocycles. The normalized spacial score (nSPS) is 23.9. The van der Waals surface area contributed by atoms with Gasteiger partial charge in [-0.25, -0.2) is 0 Å². The minimum Gasteiger partial charge on any atom is -0.497 e. The standard InChI is InChI=1S/C28H28N2O4S2/c1-17-25(31)29(27(35-17)19-5-13-23(33-3)14-6-19)21-9-11-22(12-10-21)30-26(32)18(2)36-28(30)20-7-15-24(34-4)16-8-20/h5-18,27-28H,1-4H3/t17-,18+,27-,28+. The van der Waals surface area contributed by atoms with Gasteiger partial charge in [-0.1, -0.05) is 24.3 Å². The van der Waals surface area contributed by atoms with Gasteiger partial charge in [0.05, 0.1) is 24.7 Å². The Balaban J connectivity index is 1.44. The lowest BCUT2D eigenvalue weighted by atomic mass is 10.1. The van der Waals surface area contributed by atoms with Gasteiger partial charge in [0.1, 0.15) is 22.2 Å². The summed E-state index contributed by atoms with van der Waals surface area (Å²) in [6, 6.07) is 23.4. The third kappa shape index (κ3) is 4.44. The molecule has 0 aromatic heterocycles. The number of ether oxygens (including phenoxy) is 2. The average molecular weight is 521 g/mol. The third-order valence-electron chi connectivity index (χ3n) is 6.51. The highest BCUT2D eigenvalue weighted by Crippen LogP contribution is 2.48. The van der Waals surface area contributed by atoms with Crippen molar-refractivity contribution in [3.05, 3.63) is 83.9 Å². The van der Waals surface area contributed by atoms with E-state index in [4.69, 9.17) is 9.47 Å². The topological polar surface area (TPSA) is 59.1 Å². The Labute approximate surface area is 219 Å². The van der Waals surface area contributed by atoms with E-state index in [9.17, 15) is 9.59 Å². The Morgan fingerprint density at radius 2 is 0.917 bits per heavy atom. The number of carbonyl (C=O) groups excluding carboxylic acids is 2. The van der Waals surface area contributed by atoms with Gasteiger partial charge in [-0.05, 0) is 73.5 Å². The van der Waals surface area contributed by atoms with E-state index in [2.05, 4.69) is 0 Å². The zero-order chi connectivity index (χ0) is 25.4. The molecule has 2 heterocycles. The largest absolute Gasteiger partial charge is 0.497 e. The number of hydrogen-bond acceptors (Lipinski definition) is 6. The molecule has 2 aliphatic heterocycles. The molecule has 36 heavy (non-hydrogen) atoms. The van der Waals surface area contributed by atoms with E-state index in [1.807, 2.05) is 96.4 Å². The van der Waals surface area contributed by atoms with Crippen LogP contribution < -0.4 is 19.3 Å². The number of anilines is 2. The van der Waals surface area contributed by atoms with Gasteiger partial charge in [0.25, 0.3) is 0 Å². The van der Waals surface area contributed by atoms with Crippen LogP contribution in [0.3, 0.4) is 0 Å². The second-order valence-corrected chi connectivity index (χ2v) is 11.6. The Morgan fingerprint density at radius 1 is 0.583 bits per heavy atom. The molecule has 0 aliphatic carbocycles. The van der Waals surface area contributed by atoms with Crippen LogP contribution in [0.4, 0.5) is 11.4 Å². The Morgan fingerprint density at radius 3 is 1.22 bits per heavy atom. The molecule has 5 rings (SSSR count). The highest BCUT2D eigenvalue weighted by molar-refractivity contribution is 8.01. The number of rotatable bonds is 6. The fourth-order valence-electron chi connectivity index (χ4n) is 4.54. The quantitative estimate of drug-likeness (QED) is 0.395. The van der Waals surface area contributed by atoms with Gasteiger partial charge in [0.15, 0.2) is 0 Å². The van der Waals surface area contributed by atoms with Crippen molar-refractivity contribution in [2.24, 2.45) is 0 Å². The van der Waals surface area contributed by atoms with Crippen LogP contribution in [0.15, 0.2) is 72.8 Å². The predicted molar refractivity (Wildman–Crippen MR) is 147 cm³/mol. The van der Waals surface area contributed by atoms with Crippen molar-refractivity contribution in [2.45, 2.75) is 35.1 Å². The molecule has 3 aromatic carbocycles. The Bertz CT molecular complexity index is 1150. The van der Waals surface area contributed by atoms with E-state index >= 15 is 0 Å². The van der Waals surface area contributed by atoms with Crippen LogP contribution in [0.2, 0.25) is 0 Å². The van der Waals surface area contributed by atoms with Crippen LogP contribution in [0.25, 0.3) is 0 Å². The third-order valence-corrected chi connectivity index (χ3v) is 9.21. The molecule has 3 aromatic rings. The molecule has 0 N–H and O–H groups in total. The monoisotopic (exact) mass is 520 g/mol. The van der Waals surface area contributed by atoms with Crippen molar-refractivity contribution < 1.29 is 19.1 Å². The molecule has 0 bridgehead atoms. The van der Waals surface area contributed by atoms with Crippen molar-refractivity contribution in [3.63, 3.8) is 0 Å². The maximum Gasteiger partial charge on any atom is 0.241 e. The van der Waals surface area contributed by atoms with E-state index in [1.165, 1.54) is 0 Å². The summed E-state index contributed by atoms with van der Waals surface area (Å²) in [5, 5.41) is -0.539. The fourth-order valence-corrected chi connectivity index (χ4v) is 7.10. The van der Waals surface area contributed by atoms with Crippen LogP contribution in [0.1, 0.15) is 35.7 Å². The van der Waals surface area contributed by atoms with Crippen molar-refractivity contribution in [3.8, 4) is 11.5 Å². The molecular weight excluding hydrogens is 492 g/mol. The first-order valence-corrected chi connectivity index (χ1v) is 13.6. The van der Waals surface area contributed by atoms with E-state index in [1.54, 1.807) is 37.7 Å². The van der Waals surface area contributed by atoms with E-state index < -0.39 is 0 Å². The number of hydrogen-bond donors (Lipinski definition) is 0. The first-order valence-electron chi connectivity index (χ1n) is 11.8. The molecule has 8 heteroatoms. The second-order valence-electron chi connectivity index (χ2n) is 8.74. The summed E-state index contributed by atoms with van der Waals surface area (Å²) in [5.74, 6) is 1.72. The summed E-state index contributed by atoms with van der Waals surface area (Å²) in [6.07, 6.45) is 0. The average Bonchev–Trinajstić information content (AvgIpc) is 3.38. The number of benzene rings is 3. The number of carbonyl (C=O) groups is 2. The van der Waals surface area contributed by atoms with Gasteiger partial charge in [-0.2, -0.15) is 0 Å². The number of methoxy groups -OCH3 is 2. The molecule has 4 atom stereocenters. The van der Waals surface area contributed by atoms with Crippen LogP contribution in [-0.4, -0.2) is 36.5 Å². The molecule has 6 nitrogen and oxygen atoms in total. The SMILES string of the molecule is COc1ccc([C@H]2S[C@H](C)C(=O)N2c2ccc(N3C(=O)[C@H](C)S[C@H]3c3ccc(OC)cc3)cc2)cc1. The maximum atomic E-state index is 13.1. The lowest BCUT2D eigenvalue weighted by molar-refractivity contribution is -0.118. The van der Waals surface area contributed by atoms with Crippen molar-refractivity contribution >= 4 is 46.7 Å². The van der Waals surface area contributed by atoms with E-state index in [0.717, 1.165) is 34.0 Å². The second kappa shape index (κ2) is 10.1. The highest BCUT2D eigenvalue weighted by Gasteiger charge is 2.41. The van der Waals surface area contributed by atoms with Crippen LogP contribution in [-0.2, 0) is 9.59 Å². The number of thioether (sulfide) groups is 2. The number of amides is 2. The highest BCUT2D eigenvalue weighted by atomic mass is 32.2. The Kier molecular flexibility index (Phi) is 6.90. The van der Waals surface area contributed by atoms with Crippen molar-refractivity contribution in [2.75, 3.05) is 24.0 Å². The van der Waals surface area contributed by atoms with E-state index in [0.29, 0.717) is 0 Å². The fraction of sp³-hybridized carbons (Fsp3) is 0.286. The minimum atomic E-state index is -0.145. The van der Waals surface area contributed by atoms with Gasteiger partial charge in [0, 0.05) is 11.4 Å². The summed E-state index contributed by atoms with van der Waals surface area (Å²) in [5.41, 5.74) is 3.72. The summed E-state index contributed by atoms with van der Waals surface area (Å²) in [6.45, 7) is 3.89. The van der Waals surface area contributed by atoms with E-state index in [-0.39, 0.29) is 33.1 Å². The molecule has 2 amide bonds. The van der Waals surface area contributed by atoms with Gasteiger partial charge in [0.2, 0.25) is 11.8 Å². The minimum absolute atomic E-state index is 0.0751. The first-order chi connectivity index (χ1) is 17.4. The lowest BCUT2D eigenvalue weighted by Gasteiger charge is -2.27. The summed E-state index contributed by atoms with van der Waals surface area (Å²) < 4.78 is 10.6. The number of nitrogens with zero attached hydrogens (tertiary/aromatic N) is 2. The Hall–Kier alpha value is -3.10. The smallest absolute Gasteiger partial charge is 0.241 e. The zero-order valence-corrected chi connectivity index (χ0v) is 22.2. The molecular formula is C28H28N2O4S2. The van der Waals surface area contributed by atoms with Gasteiger partial charge in [-0.15, -0.1) is 23.5 Å². The van der Waals surface area contributed by atoms with Crippen molar-refractivity contribution in [1.82, 2.24) is 0 Å². The summed E-state index contributed by atoms with van der Waals surface area (Å²) in [7, 11) is 3.28. The van der Waals surface area contributed by atoms with Crippen LogP contribution in [0, 0.1) is 0 Å². The zero-order valence-electron chi connectivity index (χ0n) is 20.6. The van der Waals surface area contributed by atoms with Gasteiger partial charge in [-0.3, -0.25) is 19.4 Å². The summed E-state index contributed by atoms with van der Waals surface area (Å²) >= 11 is 3.26. The van der Waals surface area contributed by atoms with Crippen molar-refractivity contribution in [1.29, 1.82) is 0 Å². The molecule has 0 radical (unpaired) electrons. The molecule has 2 fully saturated rings. The first kappa shape index (κ1) is 24.6.